The van der Waals surface area contributed by atoms with Crippen LogP contribution >= 0.6 is 0 Å². The van der Waals surface area contributed by atoms with E-state index in [2.05, 4.69) is 18.5 Å². The fourth-order valence-electron chi connectivity index (χ4n) is 1.31. The second-order valence-corrected chi connectivity index (χ2v) is 4.42. The fourth-order valence-corrected chi connectivity index (χ4v) is 1.31. The number of amides is 1. The van der Waals surface area contributed by atoms with Crippen molar-refractivity contribution < 1.29 is 4.79 Å². The van der Waals surface area contributed by atoms with E-state index in [-0.39, 0.29) is 11.9 Å². The molecule has 0 unspecified atom stereocenters. The Bertz CT molecular complexity index is 245. The first-order valence-corrected chi connectivity index (χ1v) is 5.38. The van der Waals surface area contributed by atoms with E-state index in [4.69, 9.17) is 5.73 Å². The Balaban J connectivity index is 4.47. The van der Waals surface area contributed by atoms with Crippen LogP contribution < -0.4 is 11.1 Å². The van der Waals surface area contributed by atoms with Crippen LogP contribution in [0.3, 0.4) is 0 Å². The van der Waals surface area contributed by atoms with Crippen molar-refractivity contribution in [3.8, 4) is 0 Å². The Kier molecular flexibility index (Phi) is 6.00. The van der Waals surface area contributed by atoms with Gasteiger partial charge in [-0.25, -0.2) is 0 Å². The Morgan fingerprint density at radius 3 is 2.19 bits per heavy atom. The minimum Gasteiger partial charge on any atom is -0.337 e. The minimum atomic E-state index is -0.695. The minimum absolute atomic E-state index is 0.0869. The Hall–Kier alpha value is -1.13. The lowest BCUT2D eigenvalue weighted by atomic mass is 10.2. The molecule has 0 aromatic carbocycles. The van der Waals surface area contributed by atoms with Crippen molar-refractivity contribution in [3.63, 3.8) is 0 Å². The summed E-state index contributed by atoms with van der Waals surface area (Å²) in [6.45, 7) is 14.0. The van der Waals surface area contributed by atoms with Crippen LogP contribution in [0.4, 0.5) is 0 Å². The predicted octanol–water partition coefficient (Wildman–Crippen LogP) is 0.860. The van der Waals surface area contributed by atoms with Crippen molar-refractivity contribution in [1.82, 2.24) is 10.2 Å². The molecule has 16 heavy (non-hydrogen) atoms. The molecule has 0 aliphatic carbocycles. The third kappa shape index (κ3) is 5.68. The highest BCUT2D eigenvalue weighted by Gasteiger charge is 2.23. The summed E-state index contributed by atoms with van der Waals surface area (Å²) in [4.78, 5) is 13.8. The van der Waals surface area contributed by atoms with Crippen molar-refractivity contribution in [2.24, 2.45) is 5.73 Å². The third-order valence-electron chi connectivity index (χ3n) is 2.10. The van der Waals surface area contributed by atoms with Crippen LogP contribution in [-0.2, 0) is 4.79 Å². The van der Waals surface area contributed by atoms with Crippen molar-refractivity contribution >= 4 is 5.91 Å². The number of hydrogen-bond donors (Lipinski definition) is 2. The second kappa shape index (κ2) is 6.45. The number of nitrogens with zero attached hydrogens (tertiary/aromatic N) is 1. The van der Waals surface area contributed by atoms with Gasteiger partial charge in [0.2, 0.25) is 5.91 Å². The van der Waals surface area contributed by atoms with Crippen molar-refractivity contribution in [2.75, 3.05) is 13.1 Å². The first-order chi connectivity index (χ1) is 7.31. The molecule has 4 heteroatoms. The van der Waals surface area contributed by atoms with Crippen molar-refractivity contribution in [3.05, 3.63) is 25.3 Å². The molecule has 92 valence electrons. The zero-order valence-electron chi connectivity index (χ0n) is 10.5. The molecule has 0 aliphatic heterocycles. The summed E-state index contributed by atoms with van der Waals surface area (Å²) < 4.78 is 0. The van der Waals surface area contributed by atoms with Crippen LogP contribution in [0, 0.1) is 0 Å². The van der Waals surface area contributed by atoms with Crippen LogP contribution in [0.2, 0.25) is 0 Å². The Labute approximate surface area is 98.2 Å². The maximum atomic E-state index is 11.8. The quantitative estimate of drug-likeness (QED) is 0.499. The van der Waals surface area contributed by atoms with Gasteiger partial charge in [-0.3, -0.25) is 9.69 Å². The highest BCUT2D eigenvalue weighted by Crippen LogP contribution is 2.02. The molecular formula is C12H23N3O. The molecule has 0 aromatic rings. The zero-order valence-corrected chi connectivity index (χ0v) is 10.5. The van der Waals surface area contributed by atoms with Gasteiger partial charge in [0, 0.05) is 13.1 Å². The molecule has 0 aliphatic rings. The molecule has 3 N–H and O–H groups in total. The molecule has 0 bridgehead atoms. The molecule has 4 nitrogen and oxygen atoms in total. The highest BCUT2D eigenvalue weighted by molar-refractivity contribution is 5.81. The monoisotopic (exact) mass is 225 g/mol. The average molecular weight is 225 g/mol. The average Bonchev–Trinajstić information content (AvgIpc) is 2.13. The van der Waals surface area contributed by atoms with E-state index in [1.165, 1.54) is 0 Å². The van der Waals surface area contributed by atoms with E-state index in [9.17, 15) is 4.79 Å². The predicted molar refractivity (Wildman–Crippen MR) is 67.8 cm³/mol. The summed E-state index contributed by atoms with van der Waals surface area (Å²) in [5.41, 5.74) is 5.04. The Morgan fingerprint density at radius 1 is 1.44 bits per heavy atom. The lowest BCUT2D eigenvalue weighted by Crippen LogP contribution is -2.56. The van der Waals surface area contributed by atoms with Crippen LogP contribution in [-0.4, -0.2) is 35.6 Å². The largest absolute Gasteiger partial charge is 0.337 e. The van der Waals surface area contributed by atoms with Gasteiger partial charge in [0.25, 0.3) is 0 Å². The number of nitrogens with two attached hydrogens (primary N) is 1. The number of nitrogens with one attached hydrogen (secondary N) is 1. The van der Waals surface area contributed by atoms with E-state index in [0.717, 1.165) is 0 Å². The van der Waals surface area contributed by atoms with Gasteiger partial charge in [0.1, 0.15) is 0 Å². The topological polar surface area (TPSA) is 58.4 Å². The highest BCUT2D eigenvalue weighted by atomic mass is 16.2. The van der Waals surface area contributed by atoms with Gasteiger partial charge in [0.15, 0.2) is 0 Å². The zero-order chi connectivity index (χ0) is 12.8. The molecule has 0 saturated carbocycles. The molecule has 0 spiro atoms. The summed E-state index contributed by atoms with van der Waals surface area (Å²) in [7, 11) is 0. The molecule has 0 rings (SSSR count). The van der Waals surface area contributed by atoms with E-state index >= 15 is 0 Å². The summed E-state index contributed by atoms with van der Waals surface area (Å²) in [5, 5.41) is 2.74. The molecule has 1 amide bonds. The SMILES string of the molecule is C=CCN(CC=C)[C@@H](C)C(=O)NC(C)(C)N. The van der Waals surface area contributed by atoms with Crippen LogP contribution in [0.1, 0.15) is 20.8 Å². The van der Waals surface area contributed by atoms with E-state index in [0.29, 0.717) is 13.1 Å². The summed E-state index contributed by atoms with van der Waals surface area (Å²) >= 11 is 0. The van der Waals surface area contributed by atoms with Gasteiger partial charge < -0.3 is 11.1 Å². The number of carbonyl (C=O) groups excluding carboxylic acids is 1. The van der Waals surface area contributed by atoms with Crippen molar-refractivity contribution in [1.29, 1.82) is 0 Å². The van der Waals surface area contributed by atoms with Gasteiger partial charge in [-0.2, -0.15) is 0 Å². The van der Waals surface area contributed by atoms with Crippen LogP contribution in [0.25, 0.3) is 0 Å². The molecule has 0 radical (unpaired) electrons. The van der Waals surface area contributed by atoms with Gasteiger partial charge in [-0.1, -0.05) is 12.2 Å². The summed E-state index contributed by atoms with van der Waals surface area (Å²) in [5.74, 6) is -0.0869. The Morgan fingerprint density at radius 2 is 1.88 bits per heavy atom. The van der Waals surface area contributed by atoms with Gasteiger partial charge in [-0.15, -0.1) is 13.2 Å². The third-order valence-corrected chi connectivity index (χ3v) is 2.10. The van der Waals surface area contributed by atoms with E-state index < -0.39 is 5.66 Å². The number of rotatable bonds is 7. The number of carbonyl (C=O) groups is 1. The lowest BCUT2D eigenvalue weighted by molar-refractivity contribution is -0.127. The van der Waals surface area contributed by atoms with E-state index in [1.807, 2.05) is 11.8 Å². The summed E-state index contributed by atoms with van der Waals surface area (Å²) in [6.07, 6.45) is 3.53. The molecule has 1 atom stereocenters. The second-order valence-electron chi connectivity index (χ2n) is 4.42. The standard InChI is InChI=1S/C12H23N3O/c1-6-8-15(9-7-2)10(3)11(16)14-12(4,5)13/h6-7,10H,1-2,8-9,13H2,3-5H3,(H,14,16)/t10-/m0/s1. The fraction of sp³-hybridized carbons (Fsp3) is 0.583. The lowest BCUT2D eigenvalue weighted by Gasteiger charge is -2.29. The first-order valence-electron chi connectivity index (χ1n) is 5.38. The van der Waals surface area contributed by atoms with E-state index in [1.54, 1.807) is 26.0 Å². The van der Waals surface area contributed by atoms with Gasteiger partial charge in [-0.05, 0) is 20.8 Å². The van der Waals surface area contributed by atoms with Gasteiger partial charge in [0.05, 0.1) is 11.7 Å². The maximum absolute atomic E-state index is 11.8. The molecule has 0 saturated heterocycles. The van der Waals surface area contributed by atoms with Gasteiger partial charge >= 0.3 is 0 Å². The van der Waals surface area contributed by atoms with Crippen LogP contribution in [0.15, 0.2) is 25.3 Å². The maximum Gasteiger partial charge on any atom is 0.238 e. The molecule has 0 aromatic heterocycles. The van der Waals surface area contributed by atoms with Crippen LogP contribution in [0.5, 0.6) is 0 Å². The smallest absolute Gasteiger partial charge is 0.238 e. The molecule has 0 fully saturated rings. The molecular weight excluding hydrogens is 202 g/mol. The summed E-state index contributed by atoms with van der Waals surface area (Å²) in [6, 6.07) is -0.251. The molecule has 0 heterocycles. The first kappa shape index (κ1) is 14.9. The number of hydrogen-bond acceptors (Lipinski definition) is 3. The normalized spacial score (nSPS) is 13.3. The van der Waals surface area contributed by atoms with Crippen molar-refractivity contribution in [2.45, 2.75) is 32.5 Å².